The first-order valence-corrected chi connectivity index (χ1v) is 10.7. The Balaban J connectivity index is 1.50. The number of thiazole rings is 1. The Kier molecular flexibility index (Phi) is 6.86. The lowest BCUT2D eigenvalue weighted by atomic mass is 10.2. The van der Waals surface area contributed by atoms with Gasteiger partial charge in [0.15, 0.2) is 5.13 Å². The van der Waals surface area contributed by atoms with Gasteiger partial charge in [-0.05, 0) is 19.1 Å². The number of hydrogen-bond donors (Lipinski definition) is 2. The molecule has 0 unspecified atom stereocenters. The number of amides is 1. The van der Waals surface area contributed by atoms with Crippen molar-refractivity contribution < 1.29 is 18.1 Å². The maximum atomic E-state index is 13.2. The lowest BCUT2D eigenvalue weighted by molar-refractivity contribution is 0.0135. The summed E-state index contributed by atoms with van der Waals surface area (Å²) in [6, 6.07) is 9.17. The molecule has 0 atom stereocenters. The molecular formula is C19H20F2N4O2S2. The van der Waals surface area contributed by atoms with Crippen molar-refractivity contribution >= 4 is 34.1 Å². The molecule has 2 aromatic heterocycles. The largest absolute Gasteiger partial charge is 0.360 e. The van der Waals surface area contributed by atoms with Crippen molar-refractivity contribution in [3.05, 3.63) is 58.4 Å². The van der Waals surface area contributed by atoms with Gasteiger partial charge in [-0.1, -0.05) is 17.3 Å². The molecule has 1 amide bonds. The molecule has 1 aromatic carbocycles. The first kappa shape index (κ1) is 21.3. The fourth-order valence-corrected chi connectivity index (χ4v) is 4.15. The number of aryl methyl sites for hydroxylation is 1. The number of carbonyl (C=O) groups is 1. The van der Waals surface area contributed by atoms with Gasteiger partial charge < -0.3 is 15.2 Å². The number of carbonyl (C=O) groups excluding carboxylic acids is 1. The van der Waals surface area contributed by atoms with E-state index in [0.29, 0.717) is 29.5 Å². The average Bonchev–Trinajstić information content (AvgIpc) is 3.32. The van der Waals surface area contributed by atoms with Crippen molar-refractivity contribution in [2.75, 3.05) is 18.4 Å². The number of rotatable bonds is 9. The van der Waals surface area contributed by atoms with E-state index in [1.807, 2.05) is 25.1 Å². The van der Waals surface area contributed by atoms with Crippen LogP contribution in [0.15, 0.2) is 45.1 Å². The second-order valence-electron chi connectivity index (χ2n) is 6.33. The number of anilines is 1. The second-order valence-corrected chi connectivity index (χ2v) is 8.20. The summed E-state index contributed by atoms with van der Waals surface area (Å²) in [6.07, 6.45) is 0. The third-order valence-electron chi connectivity index (χ3n) is 3.82. The Bertz CT molecular complexity index is 969. The third kappa shape index (κ3) is 6.01. The van der Waals surface area contributed by atoms with Gasteiger partial charge in [-0.25, -0.2) is 4.98 Å². The van der Waals surface area contributed by atoms with Crippen molar-refractivity contribution in [2.24, 2.45) is 0 Å². The van der Waals surface area contributed by atoms with Crippen LogP contribution in [0.1, 0.15) is 34.4 Å². The Morgan fingerprint density at radius 3 is 2.79 bits per heavy atom. The van der Waals surface area contributed by atoms with Crippen molar-refractivity contribution in [1.29, 1.82) is 0 Å². The molecule has 2 heterocycles. The van der Waals surface area contributed by atoms with Crippen LogP contribution in [0.25, 0.3) is 0 Å². The quantitative estimate of drug-likeness (QED) is 0.373. The highest BCUT2D eigenvalue weighted by Gasteiger charge is 2.27. The molecule has 0 saturated carbocycles. The summed E-state index contributed by atoms with van der Waals surface area (Å²) in [5.41, 5.74) is 1.12. The SMILES string of the molecule is Cc1cc(CSc2ccccc2C(=O)NCCNc2nc(C(C)(F)F)cs2)on1. The van der Waals surface area contributed by atoms with Crippen molar-refractivity contribution in [3.8, 4) is 0 Å². The van der Waals surface area contributed by atoms with Crippen LogP contribution in [0.3, 0.4) is 0 Å². The predicted molar refractivity (Wildman–Crippen MR) is 110 cm³/mol. The smallest absolute Gasteiger partial charge is 0.287 e. The minimum absolute atomic E-state index is 0.205. The van der Waals surface area contributed by atoms with Crippen molar-refractivity contribution in [2.45, 2.75) is 30.4 Å². The van der Waals surface area contributed by atoms with Gasteiger partial charge in [0, 0.05) is 36.4 Å². The summed E-state index contributed by atoms with van der Waals surface area (Å²) in [4.78, 5) is 17.2. The van der Waals surface area contributed by atoms with Gasteiger partial charge in [0.1, 0.15) is 11.5 Å². The number of nitrogens with zero attached hydrogens (tertiary/aromatic N) is 2. The number of benzene rings is 1. The van der Waals surface area contributed by atoms with Gasteiger partial charge in [-0.15, -0.1) is 23.1 Å². The van der Waals surface area contributed by atoms with E-state index in [1.54, 1.807) is 12.1 Å². The average molecular weight is 439 g/mol. The second kappa shape index (κ2) is 9.36. The molecule has 0 bridgehead atoms. The number of nitrogens with one attached hydrogen (secondary N) is 2. The number of hydrogen-bond acceptors (Lipinski definition) is 7. The van der Waals surface area contributed by atoms with Gasteiger partial charge in [-0.3, -0.25) is 4.79 Å². The normalized spacial score (nSPS) is 11.4. The molecule has 0 radical (unpaired) electrons. The molecule has 0 aliphatic carbocycles. The van der Waals surface area contributed by atoms with Gasteiger partial charge in [0.25, 0.3) is 11.8 Å². The molecule has 0 aliphatic heterocycles. The van der Waals surface area contributed by atoms with Crippen LogP contribution in [-0.2, 0) is 11.7 Å². The van der Waals surface area contributed by atoms with E-state index in [0.717, 1.165) is 34.6 Å². The summed E-state index contributed by atoms with van der Waals surface area (Å²) < 4.78 is 31.6. The minimum Gasteiger partial charge on any atom is -0.360 e. The lowest BCUT2D eigenvalue weighted by Crippen LogP contribution is -2.29. The molecule has 10 heteroatoms. The summed E-state index contributed by atoms with van der Waals surface area (Å²) in [5, 5.41) is 11.3. The van der Waals surface area contributed by atoms with Crippen LogP contribution in [0.2, 0.25) is 0 Å². The molecular weight excluding hydrogens is 418 g/mol. The number of thioether (sulfide) groups is 1. The Morgan fingerprint density at radius 1 is 1.31 bits per heavy atom. The molecule has 0 aliphatic rings. The van der Waals surface area contributed by atoms with Crippen LogP contribution in [-0.4, -0.2) is 29.1 Å². The molecule has 3 aromatic rings. The number of alkyl halides is 2. The van der Waals surface area contributed by atoms with Gasteiger partial charge in [0.05, 0.1) is 17.0 Å². The standard InChI is InChI=1S/C19H20F2N4O2S2/c1-12-9-13(27-25-12)10-28-15-6-4-3-5-14(15)17(26)22-7-8-23-18-24-16(11-29-18)19(2,20)21/h3-6,9,11H,7-8,10H2,1-2H3,(H,22,26)(H,23,24). The van der Waals surface area contributed by atoms with Gasteiger partial charge in [-0.2, -0.15) is 8.78 Å². The Labute approximate surface area is 175 Å². The van der Waals surface area contributed by atoms with Crippen LogP contribution >= 0.6 is 23.1 Å². The predicted octanol–water partition coefficient (Wildman–Crippen LogP) is 4.69. The van der Waals surface area contributed by atoms with E-state index in [2.05, 4.69) is 20.8 Å². The summed E-state index contributed by atoms with van der Waals surface area (Å²) in [5.74, 6) is -1.85. The van der Waals surface area contributed by atoms with E-state index in [1.165, 1.54) is 17.1 Å². The van der Waals surface area contributed by atoms with E-state index >= 15 is 0 Å². The summed E-state index contributed by atoms with van der Waals surface area (Å²) in [7, 11) is 0. The molecule has 154 valence electrons. The fraction of sp³-hybridized carbons (Fsp3) is 0.316. The highest BCUT2D eigenvalue weighted by molar-refractivity contribution is 7.98. The van der Waals surface area contributed by atoms with Crippen molar-refractivity contribution in [3.63, 3.8) is 0 Å². The molecule has 3 rings (SSSR count). The topological polar surface area (TPSA) is 80.0 Å². The van der Waals surface area contributed by atoms with E-state index in [9.17, 15) is 13.6 Å². The summed E-state index contributed by atoms with van der Waals surface area (Å²) in [6.45, 7) is 3.37. The molecule has 6 nitrogen and oxygen atoms in total. The highest BCUT2D eigenvalue weighted by atomic mass is 32.2. The van der Waals surface area contributed by atoms with Gasteiger partial charge in [0.2, 0.25) is 0 Å². The van der Waals surface area contributed by atoms with E-state index < -0.39 is 5.92 Å². The monoisotopic (exact) mass is 438 g/mol. The zero-order chi connectivity index (χ0) is 20.9. The molecule has 2 N–H and O–H groups in total. The minimum atomic E-state index is -2.96. The molecule has 0 fully saturated rings. The molecule has 29 heavy (non-hydrogen) atoms. The maximum Gasteiger partial charge on any atom is 0.287 e. The summed E-state index contributed by atoms with van der Waals surface area (Å²) >= 11 is 2.60. The maximum absolute atomic E-state index is 13.2. The first-order valence-electron chi connectivity index (χ1n) is 8.83. The van der Waals surface area contributed by atoms with Crippen LogP contribution in [0.5, 0.6) is 0 Å². The van der Waals surface area contributed by atoms with E-state index in [-0.39, 0.29) is 11.6 Å². The highest BCUT2D eigenvalue weighted by Crippen LogP contribution is 2.29. The van der Waals surface area contributed by atoms with Crippen LogP contribution in [0, 0.1) is 6.92 Å². The van der Waals surface area contributed by atoms with Crippen LogP contribution < -0.4 is 10.6 Å². The van der Waals surface area contributed by atoms with Crippen LogP contribution in [0.4, 0.5) is 13.9 Å². The fourth-order valence-electron chi connectivity index (χ4n) is 2.41. The van der Waals surface area contributed by atoms with Crippen molar-refractivity contribution in [1.82, 2.24) is 15.5 Å². The molecule has 0 saturated heterocycles. The Morgan fingerprint density at radius 2 is 2.10 bits per heavy atom. The number of halogens is 2. The first-order chi connectivity index (χ1) is 13.8. The Hall–Kier alpha value is -2.46. The lowest BCUT2D eigenvalue weighted by Gasteiger charge is -2.10. The van der Waals surface area contributed by atoms with Gasteiger partial charge >= 0.3 is 0 Å². The number of aromatic nitrogens is 2. The molecule has 0 spiro atoms. The zero-order valence-corrected chi connectivity index (χ0v) is 17.5. The third-order valence-corrected chi connectivity index (χ3v) is 5.71. The zero-order valence-electron chi connectivity index (χ0n) is 15.9. The van der Waals surface area contributed by atoms with E-state index in [4.69, 9.17) is 4.52 Å².